The average Bonchev–Trinajstić information content (AvgIpc) is 2.77. The fourth-order valence-electron chi connectivity index (χ4n) is 1.75. The number of nitrogens with two attached hydrogens (primary N) is 1. The first-order chi connectivity index (χ1) is 8.96. The Kier molecular flexibility index (Phi) is 3.53. The highest BCUT2D eigenvalue weighted by Gasteiger charge is 2.18. The van der Waals surface area contributed by atoms with Crippen molar-refractivity contribution in [1.82, 2.24) is 10.2 Å². The molecule has 0 fully saturated rings. The number of aromatic nitrogens is 2. The first-order valence-electron chi connectivity index (χ1n) is 5.97. The molecule has 19 heavy (non-hydrogen) atoms. The Morgan fingerprint density at radius 3 is 2.58 bits per heavy atom. The maximum absolute atomic E-state index is 5.89. The van der Waals surface area contributed by atoms with Crippen molar-refractivity contribution in [3.05, 3.63) is 12.1 Å². The fourth-order valence-corrected chi connectivity index (χ4v) is 1.75. The summed E-state index contributed by atoms with van der Waals surface area (Å²) in [5, 5.41) is 7.88. The van der Waals surface area contributed by atoms with Crippen LogP contribution in [0, 0.1) is 0 Å². The topological polar surface area (TPSA) is 82.4 Å². The molecule has 0 radical (unpaired) electrons. The molecule has 6 nitrogen and oxygen atoms in total. The van der Waals surface area contributed by atoms with Crippen LogP contribution in [-0.2, 0) is 0 Å². The molecule has 0 saturated heterocycles. The molecule has 1 aromatic carbocycles. The molecule has 1 aromatic heterocycles. The summed E-state index contributed by atoms with van der Waals surface area (Å²) in [5.74, 6) is 1.76. The Hall–Kier alpha value is -1.95. The van der Waals surface area contributed by atoms with Gasteiger partial charge in [0.1, 0.15) is 12.1 Å². The lowest BCUT2D eigenvalue weighted by molar-refractivity contribution is 0.237. The molecule has 1 heterocycles. The monoisotopic (exact) mass is 265 g/mol. The lowest BCUT2D eigenvalue weighted by Crippen LogP contribution is -2.38. The molecule has 2 aromatic rings. The minimum absolute atomic E-state index is 0.376. The van der Waals surface area contributed by atoms with Gasteiger partial charge in [0.15, 0.2) is 11.5 Å². The lowest BCUT2D eigenvalue weighted by atomic mass is 10.1. The highest BCUT2D eigenvalue weighted by Crippen LogP contribution is 2.37. The minimum atomic E-state index is -0.415. The average molecular weight is 265 g/mol. The van der Waals surface area contributed by atoms with Gasteiger partial charge in [-0.2, -0.15) is 0 Å². The second kappa shape index (κ2) is 4.97. The van der Waals surface area contributed by atoms with Gasteiger partial charge >= 0.3 is 0 Å². The third-order valence-corrected chi connectivity index (χ3v) is 2.63. The predicted octanol–water partition coefficient (Wildman–Crippen LogP) is 1.70. The molecule has 0 saturated carbocycles. The largest absolute Gasteiger partial charge is 0.493 e. The van der Waals surface area contributed by atoms with Gasteiger partial charge in [-0.3, -0.25) is 5.10 Å². The van der Waals surface area contributed by atoms with Gasteiger partial charge < -0.3 is 19.9 Å². The van der Waals surface area contributed by atoms with Crippen molar-refractivity contribution in [1.29, 1.82) is 0 Å². The molecular weight excluding hydrogens is 246 g/mol. The van der Waals surface area contributed by atoms with Gasteiger partial charge in [0.2, 0.25) is 5.88 Å². The van der Waals surface area contributed by atoms with Crippen molar-refractivity contribution in [2.45, 2.75) is 19.4 Å². The van der Waals surface area contributed by atoms with Crippen molar-refractivity contribution in [3.8, 4) is 17.4 Å². The van der Waals surface area contributed by atoms with Gasteiger partial charge in [-0.05, 0) is 26.0 Å². The van der Waals surface area contributed by atoms with Crippen LogP contribution >= 0.6 is 0 Å². The van der Waals surface area contributed by atoms with Crippen LogP contribution in [0.4, 0.5) is 0 Å². The number of hydrogen-bond donors (Lipinski definition) is 2. The van der Waals surface area contributed by atoms with Crippen molar-refractivity contribution in [2.24, 2.45) is 5.73 Å². The molecule has 0 spiro atoms. The molecule has 2 rings (SSSR count). The highest BCUT2D eigenvalue weighted by molar-refractivity contribution is 5.91. The molecule has 0 aliphatic carbocycles. The molecule has 0 aliphatic rings. The predicted molar refractivity (Wildman–Crippen MR) is 73.0 cm³/mol. The van der Waals surface area contributed by atoms with E-state index in [1.54, 1.807) is 14.2 Å². The van der Waals surface area contributed by atoms with Crippen molar-refractivity contribution < 1.29 is 14.2 Å². The zero-order chi connectivity index (χ0) is 14.0. The van der Waals surface area contributed by atoms with Gasteiger partial charge in [-0.15, -0.1) is 5.10 Å². The van der Waals surface area contributed by atoms with E-state index in [4.69, 9.17) is 19.9 Å². The van der Waals surface area contributed by atoms with Crippen LogP contribution in [0.25, 0.3) is 10.9 Å². The summed E-state index contributed by atoms with van der Waals surface area (Å²) in [6.07, 6.45) is 0. The van der Waals surface area contributed by atoms with E-state index in [1.165, 1.54) is 0 Å². The van der Waals surface area contributed by atoms with Crippen LogP contribution in [0.5, 0.6) is 17.4 Å². The number of rotatable bonds is 5. The van der Waals surface area contributed by atoms with E-state index in [9.17, 15) is 0 Å². The number of H-pyrrole nitrogens is 1. The Morgan fingerprint density at radius 1 is 1.26 bits per heavy atom. The van der Waals surface area contributed by atoms with E-state index in [0.717, 1.165) is 10.9 Å². The third-order valence-electron chi connectivity index (χ3n) is 2.63. The smallest absolute Gasteiger partial charge is 0.240 e. The van der Waals surface area contributed by atoms with E-state index in [1.807, 2.05) is 26.0 Å². The molecule has 6 heteroatoms. The van der Waals surface area contributed by atoms with E-state index in [2.05, 4.69) is 10.2 Å². The normalized spacial score (nSPS) is 11.6. The van der Waals surface area contributed by atoms with Gasteiger partial charge in [0, 0.05) is 5.54 Å². The van der Waals surface area contributed by atoms with Crippen LogP contribution in [0.1, 0.15) is 13.8 Å². The van der Waals surface area contributed by atoms with Crippen LogP contribution in [0.3, 0.4) is 0 Å². The molecule has 0 aliphatic heterocycles. The van der Waals surface area contributed by atoms with Crippen LogP contribution < -0.4 is 19.9 Å². The zero-order valence-corrected chi connectivity index (χ0v) is 11.6. The van der Waals surface area contributed by atoms with E-state index < -0.39 is 5.54 Å². The summed E-state index contributed by atoms with van der Waals surface area (Å²) in [6, 6.07) is 3.69. The number of ether oxygens (including phenoxy) is 3. The number of hydrogen-bond acceptors (Lipinski definition) is 5. The quantitative estimate of drug-likeness (QED) is 0.859. The fraction of sp³-hybridized carbons (Fsp3) is 0.462. The summed E-state index contributed by atoms with van der Waals surface area (Å²) in [5.41, 5.74) is 6.22. The number of methoxy groups -OCH3 is 2. The van der Waals surface area contributed by atoms with E-state index in [-0.39, 0.29) is 0 Å². The van der Waals surface area contributed by atoms with Crippen LogP contribution in [-0.4, -0.2) is 36.6 Å². The third kappa shape index (κ3) is 2.73. The van der Waals surface area contributed by atoms with Gasteiger partial charge in [-0.25, -0.2) is 0 Å². The lowest BCUT2D eigenvalue weighted by Gasteiger charge is -2.17. The first-order valence-corrected chi connectivity index (χ1v) is 5.97. The maximum atomic E-state index is 5.89. The molecule has 0 unspecified atom stereocenters. The standard InChI is InChI=1S/C13H19N3O3/c1-13(2,14)7-19-12-8-5-6-9(17-3)11(18-4)10(8)15-16-12/h5-6H,7,14H2,1-4H3,(H,15,16). The Balaban J connectivity index is 2.38. The summed E-state index contributed by atoms with van der Waals surface area (Å²) in [7, 11) is 3.18. The van der Waals surface area contributed by atoms with Gasteiger partial charge in [0.05, 0.1) is 19.6 Å². The summed E-state index contributed by atoms with van der Waals surface area (Å²) in [4.78, 5) is 0. The number of nitrogens with zero attached hydrogens (tertiary/aromatic N) is 1. The number of fused-ring (bicyclic) bond motifs is 1. The van der Waals surface area contributed by atoms with E-state index >= 15 is 0 Å². The summed E-state index contributed by atoms with van der Waals surface area (Å²) < 4.78 is 16.2. The Bertz CT molecular complexity index is 572. The van der Waals surface area contributed by atoms with Gasteiger partial charge in [0.25, 0.3) is 0 Å². The zero-order valence-electron chi connectivity index (χ0n) is 11.6. The molecule has 0 atom stereocenters. The minimum Gasteiger partial charge on any atom is -0.493 e. The SMILES string of the molecule is COc1ccc2c(OCC(C)(C)N)n[nH]c2c1OC. The van der Waals surface area contributed by atoms with Crippen LogP contribution in [0.15, 0.2) is 12.1 Å². The summed E-state index contributed by atoms with van der Waals surface area (Å²) in [6.45, 7) is 4.16. The Morgan fingerprint density at radius 2 is 2.00 bits per heavy atom. The second-order valence-corrected chi connectivity index (χ2v) is 5.03. The van der Waals surface area contributed by atoms with Crippen molar-refractivity contribution >= 4 is 10.9 Å². The number of aromatic amines is 1. The molecule has 0 amide bonds. The molecule has 3 N–H and O–H groups in total. The van der Waals surface area contributed by atoms with Crippen molar-refractivity contribution in [3.63, 3.8) is 0 Å². The Labute approximate surface area is 111 Å². The van der Waals surface area contributed by atoms with Crippen molar-refractivity contribution in [2.75, 3.05) is 20.8 Å². The molecule has 0 bridgehead atoms. The van der Waals surface area contributed by atoms with Crippen LogP contribution in [0.2, 0.25) is 0 Å². The number of benzene rings is 1. The second-order valence-electron chi connectivity index (χ2n) is 5.03. The summed E-state index contributed by atoms with van der Waals surface area (Å²) >= 11 is 0. The molecular formula is C13H19N3O3. The highest BCUT2D eigenvalue weighted by atomic mass is 16.5. The number of nitrogens with one attached hydrogen (secondary N) is 1. The first kappa shape index (κ1) is 13.5. The molecule has 104 valence electrons. The van der Waals surface area contributed by atoms with Gasteiger partial charge in [-0.1, -0.05) is 0 Å². The van der Waals surface area contributed by atoms with E-state index in [0.29, 0.717) is 24.0 Å². The maximum Gasteiger partial charge on any atom is 0.240 e.